The number of fused-ring (bicyclic) bond motifs is 1. The molecule has 2 aromatic carbocycles. The first-order valence-electron chi connectivity index (χ1n) is 7.96. The van der Waals surface area contributed by atoms with E-state index in [1.54, 1.807) is 0 Å². The molecule has 0 bridgehead atoms. The summed E-state index contributed by atoms with van der Waals surface area (Å²) in [5.41, 5.74) is 11.4. The Bertz CT molecular complexity index is 800. The molecule has 3 aromatic rings. The number of nitrogens with zero attached hydrogens (tertiary/aromatic N) is 2. The van der Waals surface area contributed by atoms with Crippen molar-refractivity contribution in [2.45, 2.75) is 39.7 Å². The first kappa shape index (κ1) is 14.6. The summed E-state index contributed by atoms with van der Waals surface area (Å²) in [6.45, 7) is 7.57. The average Bonchev–Trinajstić information content (AvgIpc) is 2.86. The minimum absolute atomic E-state index is 0.511. The van der Waals surface area contributed by atoms with E-state index in [-0.39, 0.29) is 0 Å². The fourth-order valence-corrected chi connectivity index (χ4v) is 2.85. The minimum atomic E-state index is 0.511. The van der Waals surface area contributed by atoms with Crippen LogP contribution in [0.25, 0.3) is 22.4 Å². The van der Waals surface area contributed by atoms with Crippen molar-refractivity contribution in [2.75, 3.05) is 5.73 Å². The number of anilines is 1. The van der Waals surface area contributed by atoms with Crippen LogP contribution >= 0.6 is 0 Å². The molecule has 22 heavy (non-hydrogen) atoms. The van der Waals surface area contributed by atoms with Gasteiger partial charge in [-0.3, -0.25) is 0 Å². The van der Waals surface area contributed by atoms with Crippen LogP contribution in [0, 0.1) is 0 Å². The maximum Gasteiger partial charge on any atom is 0.141 e. The van der Waals surface area contributed by atoms with E-state index in [1.165, 1.54) is 11.1 Å². The van der Waals surface area contributed by atoms with Crippen LogP contribution in [0.3, 0.4) is 0 Å². The molecule has 0 saturated heterocycles. The second-order valence-corrected chi connectivity index (χ2v) is 6.12. The standard InChI is InChI=1S/C19H23N3/c1-4-10-22-18-9-8-14(13(2)3)12-17(18)21-19(22)15-6-5-7-16(20)11-15/h5-9,11-13H,4,10,20H2,1-3H3. The largest absolute Gasteiger partial charge is 0.399 e. The second kappa shape index (κ2) is 5.84. The smallest absolute Gasteiger partial charge is 0.141 e. The summed E-state index contributed by atoms with van der Waals surface area (Å²) in [6, 6.07) is 14.6. The van der Waals surface area contributed by atoms with Crippen molar-refractivity contribution in [1.29, 1.82) is 0 Å². The SMILES string of the molecule is CCCn1c(-c2cccc(N)c2)nc2cc(C(C)C)ccc21. The van der Waals surface area contributed by atoms with Crippen molar-refractivity contribution in [1.82, 2.24) is 9.55 Å². The van der Waals surface area contributed by atoms with Crippen LogP contribution in [-0.2, 0) is 6.54 Å². The van der Waals surface area contributed by atoms with Crippen molar-refractivity contribution in [3.63, 3.8) is 0 Å². The maximum atomic E-state index is 5.94. The van der Waals surface area contributed by atoms with Crippen molar-refractivity contribution >= 4 is 16.7 Å². The van der Waals surface area contributed by atoms with Gasteiger partial charge in [0.05, 0.1) is 11.0 Å². The molecule has 1 heterocycles. The van der Waals surface area contributed by atoms with Crippen LogP contribution < -0.4 is 5.73 Å². The number of imidazole rings is 1. The molecule has 0 aliphatic rings. The number of aromatic nitrogens is 2. The van der Waals surface area contributed by atoms with Crippen LogP contribution in [-0.4, -0.2) is 9.55 Å². The Morgan fingerprint density at radius 3 is 2.64 bits per heavy atom. The summed E-state index contributed by atoms with van der Waals surface area (Å²) in [7, 11) is 0. The molecule has 0 spiro atoms. The predicted molar refractivity (Wildman–Crippen MR) is 94.0 cm³/mol. The molecule has 0 radical (unpaired) electrons. The maximum absolute atomic E-state index is 5.94. The Hall–Kier alpha value is -2.29. The lowest BCUT2D eigenvalue weighted by molar-refractivity contribution is 0.704. The molecule has 0 saturated carbocycles. The Kier molecular flexibility index (Phi) is 3.88. The molecule has 0 amide bonds. The highest BCUT2D eigenvalue weighted by atomic mass is 15.1. The van der Waals surface area contributed by atoms with Gasteiger partial charge in [-0.25, -0.2) is 4.98 Å². The van der Waals surface area contributed by atoms with Crippen LogP contribution in [0.4, 0.5) is 5.69 Å². The molecule has 3 rings (SSSR count). The van der Waals surface area contributed by atoms with Gasteiger partial charge in [0.25, 0.3) is 0 Å². The number of nitrogens with two attached hydrogens (primary N) is 1. The fraction of sp³-hybridized carbons (Fsp3) is 0.316. The average molecular weight is 293 g/mol. The third-order valence-electron chi connectivity index (χ3n) is 4.03. The molecule has 0 fully saturated rings. The Morgan fingerprint density at radius 1 is 1.14 bits per heavy atom. The molecule has 0 unspecified atom stereocenters. The highest BCUT2D eigenvalue weighted by molar-refractivity contribution is 5.82. The van der Waals surface area contributed by atoms with Gasteiger partial charge in [-0.05, 0) is 42.2 Å². The second-order valence-electron chi connectivity index (χ2n) is 6.12. The van der Waals surface area contributed by atoms with Crippen molar-refractivity contribution in [3.8, 4) is 11.4 Å². The third-order valence-corrected chi connectivity index (χ3v) is 4.03. The van der Waals surface area contributed by atoms with Gasteiger partial charge < -0.3 is 10.3 Å². The molecule has 0 aliphatic heterocycles. The van der Waals surface area contributed by atoms with E-state index >= 15 is 0 Å². The van der Waals surface area contributed by atoms with E-state index in [4.69, 9.17) is 10.7 Å². The van der Waals surface area contributed by atoms with Gasteiger partial charge in [0.2, 0.25) is 0 Å². The van der Waals surface area contributed by atoms with Crippen LogP contribution in [0.15, 0.2) is 42.5 Å². The van der Waals surface area contributed by atoms with Crippen molar-refractivity contribution in [3.05, 3.63) is 48.0 Å². The zero-order valence-electron chi connectivity index (χ0n) is 13.5. The summed E-state index contributed by atoms with van der Waals surface area (Å²) in [4.78, 5) is 4.89. The van der Waals surface area contributed by atoms with Gasteiger partial charge in [0, 0.05) is 17.8 Å². The highest BCUT2D eigenvalue weighted by Crippen LogP contribution is 2.28. The lowest BCUT2D eigenvalue weighted by atomic mass is 10.0. The topological polar surface area (TPSA) is 43.8 Å². The highest BCUT2D eigenvalue weighted by Gasteiger charge is 2.13. The van der Waals surface area contributed by atoms with Crippen molar-refractivity contribution in [2.24, 2.45) is 0 Å². The monoisotopic (exact) mass is 293 g/mol. The number of aryl methyl sites for hydroxylation is 1. The molecular formula is C19H23N3. The molecular weight excluding hydrogens is 270 g/mol. The Labute approximate surface area is 131 Å². The fourth-order valence-electron chi connectivity index (χ4n) is 2.85. The van der Waals surface area contributed by atoms with Crippen LogP contribution in [0.1, 0.15) is 38.7 Å². The molecule has 1 aromatic heterocycles. The first-order valence-corrected chi connectivity index (χ1v) is 7.96. The number of rotatable bonds is 4. The number of hydrogen-bond donors (Lipinski definition) is 1. The van der Waals surface area contributed by atoms with E-state index in [1.807, 2.05) is 18.2 Å². The third kappa shape index (κ3) is 2.59. The van der Waals surface area contributed by atoms with Gasteiger partial charge >= 0.3 is 0 Å². The summed E-state index contributed by atoms with van der Waals surface area (Å²) >= 11 is 0. The lowest BCUT2D eigenvalue weighted by Gasteiger charge is -2.09. The van der Waals surface area contributed by atoms with E-state index < -0.39 is 0 Å². The Balaban J connectivity index is 2.22. The normalized spacial score (nSPS) is 11.5. The predicted octanol–water partition coefficient (Wildman–Crippen LogP) is 4.82. The summed E-state index contributed by atoms with van der Waals surface area (Å²) in [6.07, 6.45) is 1.08. The van der Waals surface area contributed by atoms with E-state index in [9.17, 15) is 0 Å². The lowest BCUT2D eigenvalue weighted by Crippen LogP contribution is -2.00. The number of benzene rings is 2. The number of nitrogen functional groups attached to an aromatic ring is 1. The molecule has 114 valence electrons. The summed E-state index contributed by atoms with van der Waals surface area (Å²) < 4.78 is 2.30. The quantitative estimate of drug-likeness (QED) is 0.701. The van der Waals surface area contributed by atoms with Gasteiger partial charge in [-0.15, -0.1) is 0 Å². The zero-order valence-corrected chi connectivity index (χ0v) is 13.5. The minimum Gasteiger partial charge on any atom is -0.399 e. The number of hydrogen-bond acceptors (Lipinski definition) is 2. The van der Waals surface area contributed by atoms with Gasteiger partial charge in [-0.1, -0.05) is 39.0 Å². The van der Waals surface area contributed by atoms with Crippen molar-refractivity contribution < 1.29 is 0 Å². The molecule has 0 aliphatic carbocycles. The van der Waals surface area contributed by atoms with E-state index in [0.717, 1.165) is 35.6 Å². The van der Waals surface area contributed by atoms with Gasteiger partial charge in [0.1, 0.15) is 5.82 Å². The van der Waals surface area contributed by atoms with Gasteiger partial charge in [-0.2, -0.15) is 0 Å². The molecule has 0 atom stereocenters. The molecule has 2 N–H and O–H groups in total. The zero-order chi connectivity index (χ0) is 15.7. The van der Waals surface area contributed by atoms with Gasteiger partial charge in [0.15, 0.2) is 0 Å². The summed E-state index contributed by atoms with van der Waals surface area (Å²) in [5, 5.41) is 0. The first-order chi connectivity index (χ1) is 10.6. The summed E-state index contributed by atoms with van der Waals surface area (Å²) in [5.74, 6) is 1.52. The molecule has 3 heteroatoms. The molecule has 3 nitrogen and oxygen atoms in total. The van der Waals surface area contributed by atoms with Crippen LogP contribution in [0.5, 0.6) is 0 Å². The van der Waals surface area contributed by atoms with E-state index in [2.05, 4.69) is 49.6 Å². The Morgan fingerprint density at radius 2 is 1.95 bits per heavy atom. The van der Waals surface area contributed by atoms with Crippen LogP contribution in [0.2, 0.25) is 0 Å². The van der Waals surface area contributed by atoms with E-state index in [0.29, 0.717) is 5.92 Å².